The number of alkyl halides is 3. The molecular weight excluding hydrogens is 413 g/mol. The van der Waals surface area contributed by atoms with Crippen LogP contribution in [-0.4, -0.2) is 68.9 Å². The number of aryl methyl sites for hydroxylation is 1. The molecule has 0 aliphatic carbocycles. The van der Waals surface area contributed by atoms with Crippen molar-refractivity contribution in [3.63, 3.8) is 0 Å². The number of hydrogen-bond acceptors (Lipinski definition) is 5. The molecule has 2 aromatic heterocycles. The fourth-order valence-electron chi connectivity index (χ4n) is 4.32. The number of hydrogen-bond donors (Lipinski definition) is 1. The van der Waals surface area contributed by atoms with E-state index in [0.717, 1.165) is 17.0 Å². The normalized spacial score (nSPS) is 22.9. The molecule has 0 radical (unpaired) electrons. The highest BCUT2D eigenvalue weighted by Crippen LogP contribution is 2.35. The number of rotatable bonds is 4. The molecule has 0 aromatic carbocycles. The molecule has 0 bridgehead atoms. The first-order valence-electron chi connectivity index (χ1n) is 10.4. The number of likely N-dealkylation sites (N-methyl/N-ethyl adjacent to an activating group) is 1. The third kappa shape index (κ3) is 4.10. The molecule has 4 heterocycles. The van der Waals surface area contributed by atoms with E-state index in [9.17, 15) is 22.8 Å². The molecule has 2 aliphatic rings. The van der Waals surface area contributed by atoms with E-state index in [-0.39, 0.29) is 23.9 Å². The van der Waals surface area contributed by atoms with E-state index in [0.29, 0.717) is 43.9 Å². The van der Waals surface area contributed by atoms with E-state index in [1.165, 1.54) is 6.07 Å². The average molecular weight is 438 g/mol. The fraction of sp³-hybridized carbons (Fsp3) is 0.600. The van der Waals surface area contributed by atoms with Gasteiger partial charge >= 0.3 is 6.18 Å². The van der Waals surface area contributed by atoms with Crippen LogP contribution in [0.3, 0.4) is 0 Å². The van der Waals surface area contributed by atoms with E-state index in [1.54, 1.807) is 18.9 Å². The summed E-state index contributed by atoms with van der Waals surface area (Å²) in [7, 11) is 1.80. The number of halogens is 3. The Morgan fingerprint density at radius 1 is 1.29 bits per heavy atom. The van der Waals surface area contributed by atoms with Gasteiger partial charge in [0, 0.05) is 31.4 Å². The number of carbonyl (C=O) groups is 2. The minimum absolute atomic E-state index is 0.0260. The van der Waals surface area contributed by atoms with E-state index < -0.39 is 24.0 Å². The average Bonchev–Trinajstić information content (AvgIpc) is 3.35. The Labute approximate surface area is 177 Å². The smallest absolute Gasteiger partial charge is 0.353 e. The highest BCUT2D eigenvalue weighted by Gasteiger charge is 2.38. The number of amides is 2. The number of aromatic nitrogens is 3. The summed E-state index contributed by atoms with van der Waals surface area (Å²) in [5.74, 6) is -0.386. The molecule has 168 valence electrons. The summed E-state index contributed by atoms with van der Waals surface area (Å²) in [5, 5.41) is 6.96. The third-order valence-corrected chi connectivity index (χ3v) is 6.03. The van der Waals surface area contributed by atoms with Crippen molar-refractivity contribution in [3.8, 4) is 0 Å². The molecule has 2 amide bonds. The lowest BCUT2D eigenvalue weighted by molar-refractivity contribution is -0.142. The van der Waals surface area contributed by atoms with Gasteiger partial charge in [0.2, 0.25) is 11.8 Å². The van der Waals surface area contributed by atoms with Gasteiger partial charge in [0.05, 0.1) is 24.2 Å². The molecular formula is C20H25F3N6O2. The molecule has 11 heteroatoms. The van der Waals surface area contributed by atoms with Gasteiger partial charge in [-0.25, -0.2) is 9.50 Å². The number of piperazine rings is 1. The van der Waals surface area contributed by atoms with Crippen LogP contribution in [0.1, 0.15) is 49.3 Å². The van der Waals surface area contributed by atoms with Crippen LogP contribution >= 0.6 is 0 Å². The molecule has 1 N–H and O–H groups in total. The second-order valence-corrected chi connectivity index (χ2v) is 8.06. The summed E-state index contributed by atoms with van der Waals surface area (Å²) in [4.78, 5) is 32.9. The molecule has 2 unspecified atom stereocenters. The molecule has 2 saturated heterocycles. The van der Waals surface area contributed by atoms with E-state index >= 15 is 0 Å². The van der Waals surface area contributed by atoms with E-state index in [4.69, 9.17) is 0 Å². The van der Waals surface area contributed by atoms with Gasteiger partial charge in [0.15, 0.2) is 5.65 Å². The van der Waals surface area contributed by atoms with Crippen LogP contribution in [0.15, 0.2) is 12.1 Å². The Kier molecular flexibility index (Phi) is 5.63. The SMILES string of the molecule is CCc1cc(C(F)(F)F)n2nc(C3CCCN3C(=O)CC3C(=O)NCCN3C)cc2n1. The minimum Gasteiger partial charge on any atom is -0.353 e. The van der Waals surface area contributed by atoms with Crippen molar-refractivity contribution in [1.82, 2.24) is 29.7 Å². The molecule has 2 fully saturated rings. The highest BCUT2D eigenvalue weighted by molar-refractivity contribution is 5.89. The molecule has 0 spiro atoms. The Bertz CT molecular complexity index is 1000. The second kappa shape index (κ2) is 8.10. The fourth-order valence-corrected chi connectivity index (χ4v) is 4.32. The molecule has 8 nitrogen and oxygen atoms in total. The van der Waals surface area contributed by atoms with Gasteiger partial charge in [-0.15, -0.1) is 0 Å². The molecule has 2 atom stereocenters. The molecule has 4 rings (SSSR count). The summed E-state index contributed by atoms with van der Waals surface area (Å²) in [6.45, 7) is 3.42. The Balaban J connectivity index is 1.62. The summed E-state index contributed by atoms with van der Waals surface area (Å²) in [5.41, 5.74) is -0.0418. The zero-order chi connectivity index (χ0) is 22.3. The zero-order valence-corrected chi connectivity index (χ0v) is 17.4. The van der Waals surface area contributed by atoms with E-state index in [2.05, 4.69) is 15.4 Å². The van der Waals surface area contributed by atoms with Crippen molar-refractivity contribution in [3.05, 3.63) is 29.2 Å². The van der Waals surface area contributed by atoms with Crippen molar-refractivity contribution in [2.24, 2.45) is 0 Å². The third-order valence-electron chi connectivity index (χ3n) is 6.03. The first-order chi connectivity index (χ1) is 14.7. The maximum absolute atomic E-state index is 13.6. The maximum Gasteiger partial charge on any atom is 0.433 e. The van der Waals surface area contributed by atoms with Crippen LogP contribution in [-0.2, 0) is 22.2 Å². The van der Waals surface area contributed by atoms with Gasteiger partial charge in [0.1, 0.15) is 5.69 Å². The first kappa shape index (κ1) is 21.5. The van der Waals surface area contributed by atoms with Crippen molar-refractivity contribution in [1.29, 1.82) is 0 Å². The largest absolute Gasteiger partial charge is 0.433 e. The lowest BCUT2D eigenvalue weighted by atomic mass is 10.1. The number of fused-ring (bicyclic) bond motifs is 1. The van der Waals surface area contributed by atoms with E-state index in [1.807, 2.05) is 4.90 Å². The standard InChI is InChI=1S/C20H25F3N6O2/c1-3-12-9-16(20(21,22)23)29-17(25-12)10-13(26-29)14-5-4-7-28(14)18(30)11-15-19(31)24-6-8-27(15)2/h9-10,14-15H,3-8,11H2,1-2H3,(H,24,31). The molecule has 31 heavy (non-hydrogen) atoms. The topological polar surface area (TPSA) is 82.8 Å². The molecule has 0 saturated carbocycles. The Morgan fingerprint density at radius 3 is 2.74 bits per heavy atom. The van der Waals surface area contributed by atoms with Gasteiger partial charge in [-0.3, -0.25) is 14.5 Å². The highest BCUT2D eigenvalue weighted by atomic mass is 19.4. The van der Waals surface area contributed by atoms with Crippen molar-refractivity contribution in [2.45, 2.75) is 50.9 Å². The van der Waals surface area contributed by atoms with Crippen LogP contribution in [0.5, 0.6) is 0 Å². The quantitative estimate of drug-likeness (QED) is 0.787. The van der Waals surface area contributed by atoms with Crippen LogP contribution in [0.4, 0.5) is 13.2 Å². The summed E-state index contributed by atoms with van der Waals surface area (Å²) in [6.07, 6.45) is -2.86. The molecule has 2 aromatic rings. The lowest BCUT2D eigenvalue weighted by Gasteiger charge is -2.33. The second-order valence-electron chi connectivity index (χ2n) is 8.06. The van der Waals surface area contributed by atoms with Gasteiger partial charge in [-0.05, 0) is 32.4 Å². The number of nitrogens with one attached hydrogen (secondary N) is 1. The van der Waals surface area contributed by atoms with Crippen LogP contribution in [0.2, 0.25) is 0 Å². The predicted molar refractivity (Wildman–Crippen MR) is 105 cm³/mol. The Morgan fingerprint density at radius 2 is 2.06 bits per heavy atom. The first-order valence-corrected chi connectivity index (χ1v) is 10.4. The van der Waals surface area contributed by atoms with Crippen molar-refractivity contribution in [2.75, 3.05) is 26.7 Å². The Hall–Kier alpha value is -2.69. The maximum atomic E-state index is 13.6. The number of carbonyl (C=O) groups excluding carboxylic acids is 2. The van der Waals surface area contributed by atoms with Gasteiger partial charge in [-0.2, -0.15) is 18.3 Å². The minimum atomic E-state index is -4.57. The van der Waals surface area contributed by atoms with Crippen molar-refractivity contribution < 1.29 is 22.8 Å². The van der Waals surface area contributed by atoms with Crippen molar-refractivity contribution >= 4 is 17.5 Å². The summed E-state index contributed by atoms with van der Waals surface area (Å²) >= 11 is 0. The van der Waals surface area contributed by atoms with Gasteiger partial charge in [-0.1, -0.05) is 6.92 Å². The van der Waals surface area contributed by atoms with Crippen LogP contribution in [0.25, 0.3) is 5.65 Å². The van der Waals surface area contributed by atoms with Gasteiger partial charge in [0.25, 0.3) is 0 Å². The van der Waals surface area contributed by atoms with Crippen LogP contribution in [0, 0.1) is 0 Å². The number of likely N-dealkylation sites (tertiary alicyclic amines) is 1. The van der Waals surface area contributed by atoms with Crippen LogP contribution < -0.4 is 5.32 Å². The number of nitrogens with zero attached hydrogens (tertiary/aromatic N) is 5. The monoisotopic (exact) mass is 438 g/mol. The molecule has 2 aliphatic heterocycles. The van der Waals surface area contributed by atoms with Gasteiger partial charge < -0.3 is 10.2 Å². The summed E-state index contributed by atoms with van der Waals surface area (Å²) < 4.78 is 41.5. The lowest BCUT2D eigenvalue weighted by Crippen LogP contribution is -2.55. The predicted octanol–water partition coefficient (Wildman–Crippen LogP) is 1.79. The zero-order valence-electron chi connectivity index (χ0n) is 17.4. The summed E-state index contributed by atoms with van der Waals surface area (Å²) in [6, 6.07) is 1.56.